The molecule has 0 radical (unpaired) electrons. The quantitative estimate of drug-likeness (QED) is 0.0778. The van der Waals surface area contributed by atoms with E-state index in [2.05, 4.69) is 36.9 Å². The summed E-state index contributed by atoms with van der Waals surface area (Å²) in [5.41, 5.74) is 5.79. The van der Waals surface area contributed by atoms with Gasteiger partial charge in [-0.1, -0.05) is 115 Å². The van der Waals surface area contributed by atoms with E-state index >= 15 is 28.8 Å². The number of benzene rings is 5. The van der Waals surface area contributed by atoms with E-state index in [-0.39, 0.29) is 63.6 Å². The summed E-state index contributed by atoms with van der Waals surface area (Å²) < 4.78 is 12.3. The second kappa shape index (κ2) is 27.0. The zero-order valence-electron chi connectivity index (χ0n) is 48.0. The number of nitrogens with zero attached hydrogens (tertiary/aromatic N) is 3. The summed E-state index contributed by atoms with van der Waals surface area (Å²) in [5, 5.41) is 19.7. The number of likely N-dealkylation sites (N-methyl/N-ethyl adjacent to an activating group) is 1. The first-order valence-corrected chi connectivity index (χ1v) is 30.0. The predicted octanol–water partition coefficient (Wildman–Crippen LogP) is 4.86. The topological polar surface area (TPSA) is 236 Å². The number of aromatic nitrogens is 1. The number of aryl methyl sites for hydroxylation is 1. The number of rotatable bonds is 14. The van der Waals surface area contributed by atoms with Crippen molar-refractivity contribution in [1.29, 1.82) is 0 Å². The van der Waals surface area contributed by atoms with Gasteiger partial charge in [-0.05, 0) is 116 Å². The Labute approximate surface area is 495 Å². The highest BCUT2D eigenvalue weighted by Crippen LogP contribution is 2.31. The second-order valence-corrected chi connectivity index (χ2v) is 23.3. The van der Waals surface area contributed by atoms with Gasteiger partial charge in [-0.3, -0.25) is 28.8 Å². The molecule has 0 spiro atoms. The SMILES string of the molecule is CN[C@H]1CCN(C(=O)O[C@@H]2C[C@H]3C(=O)N[C@@H](CCc4ccccc4)C(=O)N[C@H](Cc4c[nH]c5ccccc45)C(=O)NC(CC4CCNCC4)C(=O)N[C@@H](Cc4ccc(OCc5ccccc5)cc4)C(=O)N4Cc5ccccc5C[C@H]4C(=O)N3C2)C1. The van der Waals surface area contributed by atoms with Crippen LogP contribution in [0.1, 0.15) is 71.9 Å². The molecule has 8 atom stereocenters. The maximum Gasteiger partial charge on any atom is 0.410 e. The molecular formula is C66H76N10O9. The molecule has 7 amide bonds. The van der Waals surface area contributed by atoms with Gasteiger partial charge in [-0.25, -0.2) is 4.79 Å². The van der Waals surface area contributed by atoms with Crippen LogP contribution in [-0.4, -0.2) is 149 Å². The third-order valence-corrected chi connectivity index (χ3v) is 17.6. The highest BCUT2D eigenvalue weighted by atomic mass is 16.6. The lowest BCUT2D eigenvalue weighted by Crippen LogP contribution is -2.63. The zero-order valence-corrected chi connectivity index (χ0v) is 48.0. The Morgan fingerprint density at radius 2 is 1.27 bits per heavy atom. The highest BCUT2D eigenvalue weighted by Gasteiger charge is 2.48. The number of hydrogen-bond acceptors (Lipinski definition) is 11. The molecular weight excluding hydrogens is 1080 g/mol. The van der Waals surface area contributed by atoms with Gasteiger partial charge in [0.1, 0.15) is 54.7 Å². The Kier molecular flexibility index (Phi) is 18.5. The fraction of sp³-hybridized carbons (Fsp3) is 0.409. The van der Waals surface area contributed by atoms with Crippen molar-refractivity contribution in [3.63, 3.8) is 0 Å². The van der Waals surface area contributed by atoms with Crippen molar-refractivity contribution in [2.24, 2.45) is 5.92 Å². The Morgan fingerprint density at radius 1 is 0.612 bits per heavy atom. The number of ether oxygens (including phenoxy) is 2. The van der Waals surface area contributed by atoms with Crippen molar-refractivity contribution in [2.75, 3.05) is 39.8 Å². The molecule has 7 N–H and O–H groups in total. The van der Waals surface area contributed by atoms with Crippen LogP contribution < -0.4 is 36.6 Å². The third kappa shape index (κ3) is 14.2. The number of amides is 7. The fourth-order valence-corrected chi connectivity index (χ4v) is 12.7. The predicted molar refractivity (Wildman–Crippen MR) is 320 cm³/mol. The number of likely N-dealkylation sites (tertiary alicyclic amines) is 1. The molecule has 5 aromatic carbocycles. The van der Waals surface area contributed by atoms with Crippen LogP contribution in [0, 0.1) is 5.92 Å². The first-order chi connectivity index (χ1) is 41.4. The molecule has 11 rings (SSSR count). The highest BCUT2D eigenvalue weighted by molar-refractivity contribution is 5.99. The van der Waals surface area contributed by atoms with Gasteiger partial charge in [0.25, 0.3) is 0 Å². The van der Waals surface area contributed by atoms with Crippen LogP contribution in [0.25, 0.3) is 10.9 Å². The van der Waals surface area contributed by atoms with Gasteiger partial charge in [-0.2, -0.15) is 0 Å². The zero-order chi connectivity index (χ0) is 58.8. The number of H-pyrrole nitrogens is 1. The number of aromatic amines is 1. The van der Waals surface area contributed by atoms with E-state index in [0.29, 0.717) is 37.4 Å². The number of hydrogen-bond donors (Lipinski definition) is 7. The van der Waals surface area contributed by atoms with Crippen LogP contribution in [-0.2, 0) is 72.3 Å². The monoisotopic (exact) mass is 1150 g/mol. The first kappa shape index (κ1) is 58.2. The molecule has 1 aromatic heterocycles. The summed E-state index contributed by atoms with van der Waals surface area (Å²) >= 11 is 0. The summed E-state index contributed by atoms with van der Waals surface area (Å²) in [6.45, 7) is 2.49. The summed E-state index contributed by atoms with van der Waals surface area (Å²) in [6, 6.07) is 34.5. The van der Waals surface area contributed by atoms with Crippen LogP contribution >= 0.6 is 0 Å². The van der Waals surface area contributed by atoms with Crippen LogP contribution in [0.4, 0.5) is 4.79 Å². The smallest absolute Gasteiger partial charge is 0.410 e. The van der Waals surface area contributed by atoms with E-state index in [9.17, 15) is 4.79 Å². The van der Waals surface area contributed by atoms with Gasteiger partial charge in [0.05, 0.1) is 6.54 Å². The molecule has 4 fully saturated rings. The normalized spacial score (nSPS) is 24.5. The first-order valence-electron chi connectivity index (χ1n) is 30.0. The molecule has 0 aliphatic carbocycles. The Morgan fingerprint density at radius 3 is 2.02 bits per heavy atom. The molecule has 4 saturated heterocycles. The molecule has 0 saturated carbocycles. The average Bonchev–Trinajstić information content (AvgIpc) is 4.51. The van der Waals surface area contributed by atoms with E-state index < -0.39 is 83.9 Å². The number of piperidine rings is 1. The molecule has 19 heteroatoms. The maximum absolute atomic E-state index is 15.9. The lowest BCUT2D eigenvalue weighted by molar-refractivity contribution is -0.151. The van der Waals surface area contributed by atoms with Crippen LogP contribution in [0.2, 0.25) is 0 Å². The molecule has 1 unspecified atom stereocenters. The number of para-hydroxylation sites is 1. The van der Waals surface area contributed by atoms with Gasteiger partial charge < -0.3 is 61.1 Å². The fourth-order valence-electron chi connectivity index (χ4n) is 12.7. The van der Waals surface area contributed by atoms with Gasteiger partial charge in [0.15, 0.2) is 0 Å². The van der Waals surface area contributed by atoms with Gasteiger partial charge in [0.2, 0.25) is 35.4 Å². The minimum Gasteiger partial charge on any atom is -0.489 e. The van der Waals surface area contributed by atoms with E-state index in [1.807, 2.05) is 141 Å². The lowest BCUT2D eigenvalue weighted by Gasteiger charge is -2.40. The number of carbonyl (C=O) groups excluding carboxylic acids is 7. The summed E-state index contributed by atoms with van der Waals surface area (Å²) in [7, 11) is 1.84. The minimum absolute atomic E-state index is 0.00123. The maximum atomic E-state index is 15.9. The van der Waals surface area contributed by atoms with Crippen molar-refractivity contribution in [2.45, 2.75) is 126 Å². The van der Waals surface area contributed by atoms with Gasteiger partial charge in [0, 0.05) is 68.5 Å². The van der Waals surface area contributed by atoms with E-state index in [1.54, 1.807) is 11.1 Å². The lowest BCUT2D eigenvalue weighted by atomic mass is 9.90. The van der Waals surface area contributed by atoms with Crippen molar-refractivity contribution in [3.05, 3.63) is 173 Å². The third-order valence-electron chi connectivity index (χ3n) is 17.6. The average molecular weight is 1150 g/mol. The van der Waals surface area contributed by atoms with Crippen LogP contribution in [0.15, 0.2) is 140 Å². The van der Waals surface area contributed by atoms with Crippen molar-refractivity contribution >= 4 is 52.4 Å². The number of nitrogens with one attached hydrogen (secondary N) is 7. The summed E-state index contributed by atoms with van der Waals surface area (Å²) in [5.74, 6) is -3.00. The molecule has 6 aromatic rings. The van der Waals surface area contributed by atoms with Gasteiger partial charge >= 0.3 is 6.09 Å². The van der Waals surface area contributed by atoms with Crippen molar-refractivity contribution in [3.8, 4) is 5.75 Å². The minimum atomic E-state index is -1.27. The Hall–Kier alpha value is -8.55. The summed E-state index contributed by atoms with van der Waals surface area (Å²) in [6.07, 6.45) is 3.21. The Bertz CT molecular complexity index is 3340. The van der Waals surface area contributed by atoms with Crippen LogP contribution in [0.3, 0.4) is 0 Å². The Balaban J connectivity index is 0.985. The number of fused-ring (bicyclic) bond motifs is 4. The summed E-state index contributed by atoms with van der Waals surface area (Å²) in [4.78, 5) is 115. The van der Waals surface area contributed by atoms with E-state index in [4.69, 9.17) is 9.47 Å². The molecule has 444 valence electrons. The second-order valence-electron chi connectivity index (χ2n) is 23.3. The van der Waals surface area contributed by atoms with E-state index in [0.717, 1.165) is 71.1 Å². The van der Waals surface area contributed by atoms with Crippen molar-refractivity contribution in [1.82, 2.24) is 51.6 Å². The molecule has 6 heterocycles. The van der Waals surface area contributed by atoms with Gasteiger partial charge in [-0.15, -0.1) is 0 Å². The molecule has 5 aliphatic rings. The standard InChI is InChI=1S/C66H76N10O9/c1-67-49-28-31-74(39-49)66(83)85-51-36-58-63(80)70-54(25-22-42-12-4-2-5-13-42)60(77)72-56(34-48-37-69-53-19-11-10-18-52(48)53)62(79)71-55(32-44-26-29-68-30-27-44)61(78)73-57(33-43-20-23-50(24-21-43)84-41-45-14-6-3-7-15-45)64(81)75-38-47-17-9-8-16-46(47)35-59(75)65(82)76(58)40-51/h2-21,23-24,37,44,49,51,54-59,67-69H,22,25-36,38-41H2,1H3,(H,70,80)(H,71,79)(H,72,77)(H,73,78)/t49-,51+,54-,55?,56+,57-,58-,59-/m0/s1. The molecule has 0 bridgehead atoms. The molecule has 5 aliphatic heterocycles. The molecule has 85 heavy (non-hydrogen) atoms. The largest absolute Gasteiger partial charge is 0.489 e. The van der Waals surface area contributed by atoms with Crippen molar-refractivity contribution < 1.29 is 43.0 Å². The number of carbonyl (C=O) groups is 7. The van der Waals surface area contributed by atoms with E-state index in [1.165, 1.54) is 9.80 Å². The van der Waals surface area contributed by atoms with Crippen LogP contribution in [0.5, 0.6) is 5.75 Å². The molecule has 19 nitrogen and oxygen atoms in total.